The van der Waals surface area contributed by atoms with Gasteiger partial charge < -0.3 is 30.5 Å². The van der Waals surface area contributed by atoms with Crippen LogP contribution in [0.4, 0.5) is 24.5 Å². The van der Waals surface area contributed by atoms with Crippen molar-refractivity contribution in [2.75, 3.05) is 25.0 Å². The van der Waals surface area contributed by atoms with Gasteiger partial charge in [0.05, 0.1) is 46.7 Å². The lowest BCUT2D eigenvalue weighted by atomic mass is 10.0. The quantitative estimate of drug-likeness (QED) is 0.223. The number of quaternary nitrogens is 1. The van der Waals surface area contributed by atoms with E-state index in [0.717, 1.165) is 36.7 Å². The molecular weight excluding hydrogens is 780 g/mol. The molecule has 1 aromatic heterocycles. The lowest BCUT2D eigenvalue weighted by Crippen LogP contribution is -3.16. The molecule has 3 heterocycles. The third-order valence-electron chi connectivity index (χ3n) is 8.76. The second kappa shape index (κ2) is 18.0. The molecule has 288 valence electrons. The third-order valence-corrected chi connectivity index (χ3v) is 11.2. The highest BCUT2D eigenvalue weighted by atomic mass is 35.5. The number of halogens is 5. The highest BCUT2D eigenvalue weighted by molar-refractivity contribution is 7.89. The zero-order chi connectivity index (χ0) is 39.8. The fourth-order valence-electron chi connectivity index (χ4n) is 6.12. The standard InChI is InChI=1S/C32H32Cl2N6O6S.C2HF3O2/c1-35-22-6-5-7-24(15-22)47(45,46)40-19-23(39-12-3-2-4-13-39)16-28(40)30(41)38-27(32(43)44)14-20-8-10-21(11-9-20)37-31(42)29-25(33)17-36-18-26(29)34;3-2(4,5)1(6)7/h5-11,15,17-18,23,27-28H,2-4,12-14,16,19H2,(H,37,42)(H,38,41)(H,43,44);(H,6,7)/t23-,27+,28+;/m1./s1. The normalized spacial score (nSPS) is 18.4. The summed E-state index contributed by atoms with van der Waals surface area (Å²) in [4.78, 5) is 55.8. The summed E-state index contributed by atoms with van der Waals surface area (Å²) in [5.74, 6) is -5.54. The number of carbonyl (C=O) groups is 4. The van der Waals surface area contributed by atoms with Gasteiger partial charge in [0.1, 0.15) is 24.1 Å². The van der Waals surface area contributed by atoms with Crippen LogP contribution in [0.5, 0.6) is 0 Å². The SMILES string of the molecule is O=C([O-])C(F)(F)F.[C-]#[N+]c1cccc(S(=O)(=O)N2C[C@H]([NH+]3CCCCC3)C[C@H]2C(=O)N[C@@H](Cc2ccc(NC(=O)c3c(Cl)cncc3Cl)cc2)C(=O)O)c1. The van der Waals surface area contributed by atoms with Gasteiger partial charge in [0.15, 0.2) is 5.69 Å². The maximum absolute atomic E-state index is 13.9. The number of benzene rings is 2. The number of hydrogen-bond acceptors (Lipinski definition) is 8. The van der Waals surface area contributed by atoms with Crippen LogP contribution in [-0.4, -0.2) is 90.5 Å². The first-order chi connectivity index (χ1) is 25.4. The van der Waals surface area contributed by atoms with Gasteiger partial charge in [-0.25, -0.2) is 18.1 Å². The van der Waals surface area contributed by atoms with E-state index >= 15 is 0 Å². The summed E-state index contributed by atoms with van der Waals surface area (Å²) in [6.45, 7) is 9.15. The molecule has 0 saturated carbocycles. The van der Waals surface area contributed by atoms with Crippen LogP contribution in [0.2, 0.25) is 10.0 Å². The Labute approximate surface area is 317 Å². The molecule has 54 heavy (non-hydrogen) atoms. The van der Waals surface area contributed by atoms with Crippen LogP contribution in [-0.2, 0) is 30.8 Å². The van der Waals surface area contributed by atoms with Gasteiger partial charge in [-0.1, -0.05) is 47.5 Å². The van der Waals surface area contributed by atoms with Crippen molar-refractivity contribution >= 4 is 68.4 Å². The largest absolute Gasteiger partial charge is 0.542 e. The van der Waals surface area contributed by atoms with Crippen molar-refractivity contribution in [1.82, 2.24) is 14.6 Å². The predicted octanol–water partition coefficient (Wildman–Crippen LogP) is 2.50. The van der Waals surface area contributed by atoms with E-state index in [4.69, 9.17) is 39.7 Å². The molecule has 4 N–H and O–H groups in total. The number of likely N-dealkylation sites (tertiary alicyclic amines) is 1. The lowest BCUT2D eigenvalue weighted by Gasteiger charge is -2.29. The Morgan fingerprint density at radius 1 is 1.06 bits per heavy atom. The van der Waals surface area contributed by atoms with Gasteiger partial charge in [0, 0.05) is 30.9 Å². The molecule has 0 bridgehead atoms. The Hall–Kier alpha value is -4.80. The van der Waals surface area contributed by atoms with Gasteiger partial charge in [0.2, 0.25) is 15.9 Å². The number of pyridine rings is 1. The summed E-state index contributed by atoms with van der Waals surface area (Å²) < 4.78 is 60.4. The van der Waals surface area contributed by atoms with Crippen molar-refractivity contribution in [3.63, 3.8) is 0 Å². The molecule has 2 aliphatic rings. The number of amides is 2. The van der Waals surface area contributed by atoms with E-state index in [1.165, 1.54) is 41.6 Å². The van der Waals surface area contributed by atoms with E-state index in [9.17, 15) is 41.1 Å². The summed E-state index contributed by atoms with van der Waals surface area (Å²) in [5, 5.41) is 24.2. The number of piperidine rings is 1. The highest BCUT2D eigenvalue weighted by Crippen LogP contribution is 2.29. The van der Waals surface area contributed by atoms with Crippen LogP contribution < -0.4 is 20.6 Å². The molecule has 0 aliphatic carbocycles. The Bertz CT molecular complexity index is 2010. The van der Waals surface area contributed by atoms with E-state index in [2.05, 4.69) is 20.5 Å². The minimum Gasteiger partial charge on any atom is -0.542 e. The zero-order valence-electron chi connectivity index (χ0n) is 28.1. The van der Waals surface area contributed by atoms with Crippen molar-refractivity contribution in [3.8, 4) is 0 Å². The number of hydrogen-bond donors (Lipinski definition) is 4. The molecule has 0 unspecified atom stereocenters. The fourth-order valence-corrected chi connectivity index (χ4v) is 8.34. The van der Waals surface area contributed by atoms with Crippen molar-refractivity contribution < 1.29 is 55.9 Å². The van der Waals surface area contributed by atoms with E-state index in [1.807, 2.05) is 0 Å². The van der Waals surface area contributed by atoms with Crippen LogP contribution in [0, 0.1) is 6.57 Å². The Balaban J connectivity index is 0.000000845. The monoisotopic (exact) mass is 812 g/mol. The average Bonchev–Trinajstić information content (AvgIpc) is 3.59. The molecule has 2 aliphatic heterocycles. The summed E-state index contributed by atoms with van der Waals surface area (Å²) in [6, 6.07) is 9.43. The molecule has 5 rings (SSSR count). The molecule has 2 fully saturated rings. The summed E-state index contributed by atoms with van der Waals surface area (Å²) in [5.41, 5.74) is 1.18. The number of aromatic nitrogens is 1. The molecule has 2 aromatic carbocycles. The molecule has 20 heteroatoms. The van der Waals surface area contributed by atoms with E-state index in [0.29, 0.717) is 11.3 Å². The van der Waals surface area contributed by atoms with Gasteiger partial charge in [-0.15, -0.1) is 0 Å². The van der Waals surface area contributed by atoms with Crippen LogP contribution in [0.15, 0.2) is 65.8 Å². The average molecular weight is 814 g/mol. The second-order valence-electron chi connectivity index (χ2n) is 12.4. The third kappa shape index (κ3) is 10.7. The lowest BCUT2D eigenvalue weighted by molar-refractivity contribution is -0.927. The smallest absolute Gasteiger partial charge is 0.430 e. The number of anilines is 1. The fraction of sp³-hybridized carbons (Fsp3) is 0.353. The number of rotatable bonds is 10. The van der Waals surface area contributed by atoms with Crippen LogP contribution in [0.25, 0.3) is 4.85 Å². The van der Waals surface area contributed by atoms with Crippen LogP contribution in [0.1, 0.15) is 41.6 Å². The topological polar surface area (TPSA) is 195 Å². The summed E-state index contributed by atoms with van der Waals surface area (Å²) in [7, 11) is -4.18. The van der Waals surface area contributed by atoms with Gasteiger partial charge >= 0.3 is 12.1 Å². The van der Waals surface area contributed by atoms with Crippen molar-refractivity contribution in [3.05, 3.63) is 93.5 Å². The molecule has 14 nitrogen and oxygen atoms in total. The number of nitrogens with zero attached hydrogens (tertiary/aromatic N) is 3. The van der Waals surface area contributed by atoms with E-state index < -0.39 is 52.0 Å². The Morgan fingerprint density at radius 2 is 1.67 bits per heavy atom. The molecular formula is C34H33Cl2F3N6O8S. The molecule has 0 spiro atoms. The number of carbonyl (C=O) groups excluding carboxylic acids is 3. The number of aliphatic carboxylic acids is 2. The highest BCUT2D eigenvalue weighted by Gasteiger charge is 2.48. The predicted molar refractivity (Wildman–Crippen MR) is 186 cm³/mol. The first-order valence-electron chi connectivity index (χ1n) is 16.3. The van der Waals surface area contributed by atoms with Gasteiger partial charge in [-0.3, -0.25) is 14.6 Å². The Kier molecular flexibility index (Phi) is 14.0. The number of carboxylic acid groups (broad SMARTS) is 2. The minimum atomic E-state index is -5.19. The molecule has 0 radical (unpaired) electrons. The molecule has 2 amide bonds. The van der Waals surface area contributed by atoms with Crippen molar-refractivity contribution in [1.29, 1.82) is 0 Å². The van der Waals surface area contributed by atoms with E-state index in [-0.39, 0.29) is 51.6 Å². The number of nitrogens with one attached hydrogen (secondary N) is 3. The van der Waals surface area contributed by atoms with Crippen molar-refractivity contribution in [2.24, 2.45) is 0 Å². The second-order valence-corrected chi connectivity index (χ2v) is 15.1. The first-order valence-corrected chi connectivity index (χ1v) is 18.5. The molecule has 2 saturated heterocycles. The Morgan fingerprint density at radius 3 is 2.22 bits per heavy atom. The minimum absolute atomic E-state index is 0.0623. The molecule has 3 atom stereocenters. The number of carboxylic acids is 2. The zero-order valence-corrected chi connectivity index (χ0v) is 30.4. The van der Waals surface area contributed by atoms with E-state index in [1.54, 1.807) is 24.3 Å². The number of sulfonamides is 1. The van der Waals surface area contributed by atoms with Gasteiger partial charge in [0.25, 0.3) is 5.91 Å². The maximum atomic E-state index is 13.9. The first kappa shape index (κ1) is 41.9. The van der Waals surface area contributed by atoms with Gasteiger partial charge in [-0.2, -0.15) is 17.5 Å². The number of alkyl halides is 3. The van der Waals surface area contributed by atoms with Gasteiger partial charge in [-0.05, 0) is 49.1 Å². The van der Waals surface area contributed by atoms with Crippen LogP contribution in [0.3, 0.4) is 0 Å². The van der Waals surface area contributed by atoms with Crippen LogP contribution >= 0.6 is 23.2 Å². The van der Waals surface area contributed by atoms with Crippen molar-refractivity contribution in [2.45, 2.75) is 61.3 Å². The summed E-state index contributed by atoms with van der Waals surface area (Å²) >= 11 is 12.1. The molecule has 3 aromatic rings. The summed E-state index contributed by atoms with van der Waals surface area (Å²) in [6.07, 6.45) is 0.684. The maximum Gasteiger partial charge on any atom is 0.430 e.